The minimum absolute atomic E-state index is 0.132. The molecule has 0 saturated carbocycles. The highest BCUT2D eigenvalue weighted by molar-refractivity contribution is 4.60. The molecule has 1 atom stereocenters. The fraction of sp³-hybridized carbons (Fsp3) is 1.00. The molecule has 0 aliphatic heterocycles. The summed E-state index contributed by atoms with van der Waals surface area (Å²) in [5, 5.41) is 17.5. The predicted molar refractivity (Wildman–Crippen MR) is 45.8 cm³/mol. The molecule has 0 amide bonds. The Morgan fingerprint density at radius 2 is 1.92 bits per heavy atom. The van der Waals surface area contributed by atoms with Crippen molar-refractivity contribution in [2.75, 3.05) is 26.2 Å². The molecule has 0 heterocycles. The molecule has 3 nitrogen and oxygen atoms in total. The molecule has 0 aliphatic rings. The van der Waals surface area contributed by atoms with Gasteiger partial charge in [-0.3, -0.25) is 4.90 Å². The van der Waals surface area contributed by atoms with Gasteiger partial charge in [0.1, 0.15) is 0 Å². The van der Waals surface area contributed by atoms with E-state index in [1.54, 1.807) is 6.92 Å². The van der Waals surface area contributed by atoms with E-state index in [0.717, 1.165) is 0 Å². The Kier molecular flexibility index (Phi) is 7.03. The molecule has 0 bridgehead atoms. The summed E-state index contributed by atoms with van der Waals surface area (Å²) in [6.07, 6.45) is -2.42. The molecule has 2 N–H and O–H groups in total. The topological polar surface area (TPSA) is 43.7 Å². The summed E-state index contributed by atoms with van der Waals surface area (Å²) < 4.78 is 23.9. The van der Waals surface area contributed by atoms with Gasteiger partial charge in [-0.05, 0) is 13.3 Å². The molecule has 0 aliphatic carbocycles. The summed E-state index contributed by atoms with van der Waals surface area (Å²) in [6, 6.07) is 0. The van der Waals surface area contributed by atoms with E-state index in [2.05, 4.69) is 0 Å². The smallest absolute Gasteiger partial charge is 0.251 e. The van der Waals surface area contributed by atoms with Gasteiger partial charge in [-0.25, -0.2) is 8.78 Å². The summed E-state index contributed by atoms with van der Waals surface area (Å²) >= 11 is 0. The van der Waals surface area contributed by atoms with Crippen molar-refractivity contribution < 1.29 is 19.0 Å². The third-order valence-corrected chi connectivity index (χ3v) is 1.68. The van der Waals surface area contributed by atoms with Crippen LogP contribution in [0.4, 0.5) is 8.78 Å². The Bertz CT molecular complexity index is 123. The van der Waals surface area contributed by atoms with Crippen LogP contribution in [-0.2, 0) is 0 Å². The Labute approximate surface area is 77.0 Å². The number of alkyl halides is 2. The lowest BCUT2D eigenvalue weighted by molar-refractivity contribution is 0.0683. The van der Waals surface area contributed by atoms with E-state index in [-0.39, 0.29) is 19.7 Å². The summed E-state index contributed by atoms with van der Waals surface area (Å²) in [6.45, 7) is 1.76. The standard InChI is InChI=1S/C8H17F2NO2/c1-7(13)2-3-11(4-5-12)6-8(9)10/h7-8,12-13H,2-6H2,1H3. The number of hydrogen-bond donors (Lipinski definition) is 2. The highest BCUT2D eigenvalue weighted by Gasteiger charge is 2.11. The van der Waals surface area contributed by atoms with Gasteiger partial charge in [0.05, 0.1) is 19.3 Å². The maximum atomic E-state index is 11.9. The third kappa shape index (κ3) is 8.08. The Morgan fingerprint density at radius 3 is 2.31 bits per heavy atom. The summed E-state index contributed by atoms with van der Waals surface area (Å²) in [5.41, 5.74) is 0. The van der Waals surface area contributed by atoms with Crippen molar-refractivity contribution in [1.82, 2.24) is 4.90 Å². The predicted octanol–water partition coefficient (Wildman–Crippen LogP) is 0.317. The second-order valence-corrected chi connectivity index (χ2v) is 3.05. The molecule has 0 spiro atoms. The molecular formula is C8H17F2NO2. The molecule has 0 saturated heterocycles. The van der Waals surface area contributed by atoms with Crippen LogP contribution >= 0.6 is 0 Å². The molecule has 5 heteroatoms. The van der Waals surface area contributed by atoms with E-state index in [1.165, 1.54) is 4.90 Å². The first-order valence-corrected chi connectivity index (χ1v) is 4.35. The van der Waals surface area contributed by atoms with Gasteiger partial charge in [0, 0.05) is 13.1 Å². The molecular weight excluding hydrogens is 180 g/mol. The average molecular weight is 197 g/mol. The normalized spacial score (nSPS) is 14.1. The van der Waals surface area contributed by atoms with Crippen molar-refractivity contribution in [2.45, 2.75) is 25.9 Å². The van der Waals surface area contributed by atoms with Gasteiger partial charge in [-0.1, -0.05) is 0 Å². The third-order valence-electron chi connectivity index (χ3n) is 1.68. The molecule has 0 aromatic heterocycles. The van der Waals surface area contributed by atoms with Crippen LogP contribution in [0.3, 0.4) is 0 Å². The van der Waals surface area contributed by atoms with Crippen molar-refractivity contribution in [3.63, 3.8) is 0 Å². The lowest BCUT2D eigenvalue weighted by Gasteiger charge is -2.21. The van der Waals surface area contributed by atoms with Crippen LogP contribution in [0.15, 0.2) is 0 Å². The number of halogens is 2. The highest BCUT2D eigenvalue weighted by atomic mass is 19.3. The van der Waals surface area contributed by atoms with Crippen LogP contribution in [0.5, 0.6) is 0 Å². The van der Waals surface area contributed by atoms with Crippen LogP contribution in [0.25, 0.3) is 0 Å². The molecule has 0 aromatic carbocycles. The van der Waals surface area contributed by atoms with E-state index in [1.807, 2.05) is 0 Å². The first kappa shape index (κ1) is 12.7. The fourth-order valence-corrected chi connectivity index (χ4v) is 1.00. The van der Waals surface area contributed by atoms with Crippen LogP contribution < -0.4 is 0 Å². The summed E-state index contributed by atoms with van der Waals surface area (Å²) in [5.74, 6) is 0. The van der Waals surface area contributed by atoms with Gasteiger partial charge in [0.25, 0.3) is 6.43 Å². The monoisotopic (exact) mass is 197 g/mol. The van der Waals surface area contributed by atoms with E-state index in [4.69, 9.17) is 10.2 Å². The van der Waals surface area contributed by atoms with Crippen LogP contribution in [0.1, 0.15) is 13.3 Å². The Balaban J connectivity index is 3.66. The molecule has 13 heavy (non-hydrogen) atoms. The number of aliphatic hydroxyl groups is 2. The van der Waals surface area contributed by atoms with Crippen molar-refractivity contribution >= 4 is 0 Å². The highest BCUT2D eigenvalue weighted by Crippen LogP contribution is 2.00. The minimum atomic E-state index is -2.39. The molecule has 0 aromatic rings. The zero-order chi connectivity index (χ0) is 10.3. The molecule has 80 valence electrons. The van der Waals surface area contributed by atoms with Crippen molar-refractivity contribution in [2.24, 2.45) is 0 Å². The van der Waals surface area contributed by atoms with Gasteiger partial charge in [-0.15, -0.1) is 0 Å². The van der Waals surface area contributed by atoms with Crippen molar-refractivity contribution in [1.29, 1.82) is 0 Å². The van der Waals surface area contributed by atoms with Gasteiger partial charge < -0.3 is 10.2 Å². The summed E-state index contributed by atoms with van der Waals surface area (Å²) in [7, 11) is 0. The zero-order valence-corrected chi connectivity index (χ0v) is 7.79. The van der Waals surface area contributed by atoms with Crippen LogP contribution in [0.2, 0.25) is 0 Å². The number of aliphatic hydroxyl groups excluding tert-OH is 2. The quantitative estimate of drug-likeness (QED) is 0.617. The van der Waals surface area contributed by atoms with Gasteiger partial charge in [-0.2, -0.15) is 0 Å². The number of hydrogen-bond acceptors (Lipinski definition) is 3. The lowest BCUT2D eigenvalue weighted by atomic mass is 10.2. The maximum Gasteiger partial charge on any atom is 0.251 e. The van der Waals surface area contributed by atoms with Crippen LogP contribution in [0, 0.1) is 0 Å². The first-order chi connectivity index (χ1) is 6.06. The zero-order valence-electron chi connectivity index (χ0n) is 7.79. The Morgan fingerprint density at radius 1 is 1.31 bits per heavy atom. The molecule has 1 unspecified atom stereocenters. The molecule has 0 fully saturated rings. The number of rotatable bonds is 7. The largest absolute Gasteiger partial charge is 0.395 e. The average Bonchev–Trinajstić information content (AvgIpc) is 1.99. The van der Waals surface area contributed by atoms with Gasteiger partial charge in [0.15, 0.2) is 0 Å². The fourth-order valence-electron chi connectivity index (χ4n) is 1.00. The van der Waals surface area contributed by atoms with Gasteiger partial charge in [0.2, 0.25) is 0 Å². The van der Waals surface area contributed by atoms with E-state index < -0.39 is 12.5 Å². The van der Waals surface area contributed by atoms with Crippen molar-refractivity contribution in [3.05, 3.63) is 0 Å². The van der Waals surface area contributed by atoms with E-state index in [9.17, 15) is 8.78 Å². The Hall–Kier alpha value is -0.260. The van der Waals surface area contributed by atoms with E-state index >= 15 is 0 Å². The lowest BCUT2D eigenvalue weighted by Crippen LogP contribution is -2.33. The molecule has 0 rings (SSSR count). The van der Waals surface area contributed by atoms with Gasteiger partial charge >= 0.3 is 0 Å². The SMILES string of the molecule is CC(O)CCN(CCO)CC(F)F. The number of nitrogens with zero attached hydrogens (tertiary/aromatic N) is 1. The first-order valence-electron chi connectivity index (χ1n) is 4.35. The molecule has 0 radical (unpaired) electrons. The summed E-state index contributed by atoms with van der Waals surface area (Å²) in [4.78, 5) is 1.44. The van der Waals surface area contributed by atoms with E-state index in [0.29, 0.717) is 13.0 Å². The minimum Gasteiger partial charge on any atom is -0.395 e. The van der Waals surface area contributed by atoms with Crippen molar-refractivity contribution in [3.8, 4) is 0 Å². The van der Waals surface area contributed by atoms with Crippen LogP contribution in [-0.4, -0.2) is 53.9 Å². The second kappa shape index (κ2) is 7.17. The second-order valence-electron chi connectivity index (χ2n) is 3.05. The maximum absolute atomic E-state index is 11.9.